The van der Waals surface area contributed by atoms with E-state index >= 15 is 0 Å². The molecule has 0 saturated carbocycles. The van der Waals surface area contributed by atoms with Crippen LogP contribution in [0, 0.1) is 16.7 Å². The fourth-order valence-corrected chi connectivity index (χ4v) is 3.67. The Morgan fingerprint density at radius 2 is 2.24 bits per heavy atom. The number of hydrogen-bond acceptors (Lipinski definition) is 5. The number of carbonyl (C=O) groups is 1. The number of hydrogen-bond donors (Lipinski definition) is 1. The number of aromatic nitrogens is 2. The Morgan fingerprint density at radius 3 is 2.88 bits per heavy atom. The average molecular weight is 340 g/mol. The third kappa shape index (κ3) is 2.84. The van der Waals surface area contributed by atoms with Crippen molar-refractivity contribution in [2.45, 2.75) is 58.9 Å². The first-order valence-corrected chi connectivity index (χ1v) is 8.66. The zero-order valence-corrected chi connectivity index (χ0v) is 15.2. The molecule has 25 heavy (non-hydrogen) atoms. The lowest BCUT2D eigenvalue weighted by Crippen LogP contribution is -2.34. The topological polar surface area (TPSA) is 93.9 Å². The quantitative estimate of drug-likeness (QED) is 0.911. The van der Waals surface area contributed by atoms with Crippen LogP contribution in [0.3, 0.4) is 0 Å². The molecule has 0 radical (unpaired) electrons. The second-order valence-corrected chi connectivity index (χ2v) is 7.66. The molecule has 2 atom stereocenters. The van der Waals surface area contributed by atoms with Crippen LogP contribution in [0.4, 0.5) is 0 Å². The number of allylic oxidation sites excluding steroid dienone is 3. The third-order valence-electron chi connectivity index (χ3n) is 5.08. The normalized spacial score (nSPS) is 23.8. The molecule has 0 aromatic carbocycles. The SMILES string of the molecule is CC[C@@H](C)n1nccc1[C@H]1C(C#N)=C(N)OC2=C1C(=O)CC(C)(C)C2. The van der Waals surface area contributed by atoms with Gasteiger partial charge in [0.05, 0.1) is 11.6 Å². The van der Waals surface area contributed by atoms with Gasteiger partial charge in [0, 0.05) is 30.7 Å². The minimum atomic E-state index is -0.506. The van der Waals surface area contributed by atoms with Crippen LogP contribution in [-0.4, -0.2) is 15.6 Å². The van der Waals surface area contributed by atoms with Crippen molar-refractivity contribution in [1.29, 1.82) is 5.26 Å². The van der Waals surface area contributed by atoms with Crippen molar-refractivity contribution in [1.82, 2.24) is 9.78 Å². The summed E-state index contributed by atoms with van der Waals surface area (Å²) < 4.78 is 7.61. The molecule has 0 saturated heterocycles. The van der Waals surface area contributed by atoms with E-state index in [2.05, 4.69) is 25.0 Å². The molecule has 0 amide bonds. The molecular formula is C19H24N4O2. The van der Waals surface area contributed by atoms with E-state index in [-0.39, 0.29) is 28.7 Å². The number of carbonyl (C=O) groups excluding carboxylic acids is 1. The van der Waals surface area contributed by atoms with Crippen LogP contribution in [0.15, 0.2) is 35.1 Å². The Hall–Kier alpha value is -2.55. The van der Waals surface area contributed by atoms with Crippen molar-refractivity contribution >= 4 is 5.78 Å². The molecule has 1 aliphatic carbocycles. The van der Waals surface area contributed by atoms with Crippen molar-refractivity contribution in [3.8, 4) is 6.07 Å². The standard InChI is InChI=1S/C19H24N4O2/c1-5-11(2)23-13(6-7-22-23)16-12(10-20)18(21)25-15-9-19(3,4)8-14(24)17(15)16/h6-7,11,16H,5,8-9,21H2,1-4H3/t11-,16-/m1/s1. The Labute approximate surface area is 147 Å². The van der Waals surface area contributed by atoms with Gasteiger partial charge in [-0.25, -0.2) is 0 Å². The highest BCUT2D eigenvalue weighted by Crippen LogP contribution is 2.48. The van der Waals surface area contributed by atoms with Crippen molar-refractivity contribution in [3.63, 3.8) is 0 Å². The summed E-state index contributed by atoms with van der Waals surface area (Å²) in [6.07, 6.45) is 3.66. The molecule has 1 aromatic rings. The predicted molar refractivity (Wildman–Crippen MR) is 92.9 cm³/mol. The minimum Gasteiger partial charge on any atom is -0.444 e. The Kier molecular flexibility index (Phi) is 4.19. The molecule has 1 aliphatic heterocycles. The van der Waals surface area contributed by atoms with Crippen LogP contribution in [0.1, 0.15) is 64.6 Å². The van der Waals surface area contributed by atoms with Crippen molar-refractivity contribution < 1.29 is 9.53 Å². The van der Waals surface area contributed by atoms with E-state index in [0.717, 1.165) is 12.1 Å². The molecule has 132 valence electrons. The maximum Gasteiger partial charge on any atom is 0.205 e. The molecule has 2 N–H and O–H groups in total. The maximum atomic E-state index is 12.9. The second kappa shape index (κ2) is 6.07. The van der Waals surface area contributed by atoms with Crippen molar-refractivity contribution in [3.05, 3.63) is 40.7 Å². The summed E-state index contributed by atoms with van der Waals surface area (Å²) in [6, 6.07) is 4.18. The third-order valence-corrected chi connectivity index (χ3v) is 5.08. The lowest BCUT2D eigenvalue weighted by Gasteiger charge is -2.37. The number of rotatable bonds is 3. The van der Waals surface area contributed by atoms with E-state index in [1.54, 1.807) is 6.20 Å². The summed E-state index contributed by atoms with van der Waals surface area (Å²) in [5, 5.41) is 14.1. The highest BCUT2D eigenvalue weighted by molar-refractivity contribution is 5.99. The highest BCUT2D eigenvalue weighted by atomic mass is 16.5. The van der Waals surface area contributed by atoms with Crippen LogP contribution in [0.2, 0.25) is 0 Å². The number of nitriles is 1. The average Bonchev–Trinajstić information content (AvgIpc) is 3.00. The van der Waals surface area contributed by atoms with Gasteiger partial charge in [-0.1, -0.05) is 20.8 Å². The molecule has 0 fully saturated rings. The van der Waals surface area contributed by atoms with Gasteiger partial charge in [0.1, 0.15) is 17.4 Å². The van der Waals surface area contributed by atoms with Gasteiger partial charge in [0.15, 0.2) is 5.78 Å². The predicted octanol–water partition coefficient (Wildman–Crippen LogP) is 3.30. The van der Waals surface area contributed by atoms with E-state index in [1.165, 1.54) is 0 Å². The zero-order valence-electron chi connectivity index (χ0n) is 15.2. The van der Waals surface area contributed by atoms with E-state index in [1.807, 2.05) is 24.6 Å². The van der Waals surface area contributed by atoms with Crippen LogP contribution >= 0.6 is 0 Å². The summed E-state index contributed by atoms with van der Waals surface area (Å²) in [6.45, 7) is 8.22. The summed E-state index contributed by atoms with van der Waals surface area (Å²) in [7, 11) is 0. The number of Topliss-reactive ketones (excluding diaryl/α,β-unsaturated/α-hetero) is 1. The molecule has 2 heterocycles. The Bertz CT molecular complexity index is 823. The molecule has 0 bridgehead atoms. The molecule has 0 unspecified atom stereocenters. The maximum absolute atomic E-state index is 12.9. The van der Waals surface area contributed by atoms with E-state index in [0.29, 0.717) is 24.2 Å². The number of ether oxygens (including phenoxy) is 1. The van der Waals surface area contributed by atoms with Gasteiger partial charge in [-0.15, -0.1) is 0 Å². The smallest absolute Gasteiger partial charge is 0.205 e. The fraction of sp³-hybridized carbons (Fsp3) is 0.526. The van der Waals surface area contributed by atoms with Gasteiger partial charge in [0.2, 0.25) is 5.88 Å². The molecular weight excluding hydrogens is 316 g/mol. The largest absolute Gasteiger partial charge is 0.444 e. The lowest BCUT2D eigenvalue weighted by atomic mass is 9.71. The summed E-state index contributed by atoms with van der Waals surface area (Å²) in [5.41, 5.74) is 7.54. The number of nitrogens with zero attached hydrogens (tertiary/aromatic N) is 3. The van der Waals surface area contributed by atoms with E-state index < -0.39 is 5.92 Å². The van der Waals surface area contributed by atoms with Crippen LogP contribution < -0.4 is 5.73 Å². The first-order chi connectivity index (χ1) is 11.8. The minimum absolute atomic E-state index is 0.0217. The Morgan fingerprint density at radius 1 is 1.52 bits per heavy atom. The van der Waals surface area contributed by atoms with Gasteiger partial charge in [-0.2, -0.15) is 10.4 Å². The summed E-state index contributed by atoms with van der Waals surface area (Å²) >= 11 is 0. The monoisotopic (exact) mass is 340 g/mol. The van der Waals surface area contributed by atoms with Crippen LogP contribution in [0.25, 0.3) is 0 Å². The summed E-state index contributed by atoms with van der Waals surface area (Å²) in [4.78, 5) is 12.9. The first kappa shape index (κ1) is 17.3. The second-order valence-electron chi connectivity index (χ2n) is 7.66. The van der Waals surface area contributed by atoms with Crippen LogP contribution in [-0.2, 0) is 9.53 Å². The van der Waals surface area contributed by atoms with Gasteiger partial charge in [-0.05, 0) is 24.8 Å². The zero-order chi connectivity index (χ0) is 18.4. The van der Waals surface area contributed by atoms with Gasteiger partial charge in [-0.3, -0.25) is 9.48 Å². The van der Waals surface area contributed by atoms with Crippen molar-refractivity contribution in [2.75, 3.05) is 0 Å². The number of ketones is 1. The van der Waals surface area contributed by atoms with Gasteiger partial charge < -0.3 is 10.5 Å². The van der Waals surface area contributed by atoms with E-state index in [9.17, 15) is 10.1 Å². The fourth-order valence-electron chi connectivity index (χ4n) is 3.67. The lowest BCUT2D eigenvalue weighted by molar-refractivity contribution is -0.119. The van der Waals surface area contributed by atoms with E-state index in [4.69, 9.17) is 10.5 Å². The molecule has 2 aliphatic rings. The number of nitrogens with two attached hydrogens (primary N) is 1. The molecule has 1 aromatic heterocycles. The van der Waals surface area contributed by atoms with Gasteiger partial charge in [0.25, 0.3) is 0 Å². The molecule has 0 spiro atoms. The molecule has 6 nitrogen and oxygen atoms in total. The first-order valence-electron chi connectivity index (χ1n) is 8.66. The van der Waals surface area contributed by atoms with Crippen LogP contribution in [0.5, 0.6) is 0 Å². The summed E-state index contributed by atoms with van der Waals surface area (Å²) in [5.74, 6) is 0.204. The molecule has 6 heteroatoms. The Balaban J connectivity index is 2.19. The van der Waals surface area contributed by atoms with Gasteiger partial charge >= 0.3 is 0 Å². The molecule has 3 rings (SSSR count). The van der Waals surface area contributed by atoms with Crippen molar-refractivity contribution in [2.24, 2.45) is 11.1 Å². The highest BCUT2D eigenvalue weighted by Gasteiger charge is 2.44.